The molecule has 2 aliphatic rings. The Bertz CT molecular complexity index is 920. The molecular weight excluding hydrogens is 322 g/mol. The molecule has 2 aromatic carbocycles. The Kier molecular flexibility index (Phi) is 3.53. The number of ether oxygens (including phenoxy) is 2. The van der Waals surface area contributed by atoms with Crippen LogP contribution in [0.5, 0.6) is 17.2 Å². The van der Waals surface area contributed by atoms with Gasteiger partial charge in [0.15, 0.2) is 11.5 Å². The van der Waals surface area contributed by atoms with Gasteiger partial charge >= 0.3 is 0 Å². The Morgan fingerprint density at radius 1 is 1.20 bits per heavy atom. The van der Waals surface area contributed by atoms with Crippen LogP contribution in [0.2, 0.25) is 0 Å². The topological polar surface area (TPSA) is 83.4 Å². The van der Waals surface area contributed by atoms with Crippen molar-refractivity contribution >= 4 is 23.6 Å². The van der Waals surface area contributed by atoms with E-state index in [4.69, 9.17) is 9.47 Å². The number of guanidine groups is 1. The lowest BCUT2D eigenvalue weighted by Gasteiger charge is -2.07. The molecule has 0 spiro atoms. The molecule has 2 heterocycles. The minimum Gasteiger partial charge on any atom is -0.506 e. The molecule has 7 nitrogen and oxygen atoms in total. The van der Waals surface area contributed by atoms with Crippen molar-refractivity contribution in [2.45, 2.75) is 0 Å². The van der Waals surface area contributed by atoms with E-state index in [0.29, 0.717) is 28.8 Å². The number of nitrogens with one attached hydrogen (secondary N) is 1. The Hall–Kier alpha value is -3.48. The van der Waals surface area contributed by atoms with Crippen LogP contribution in [0.25, 0.3) is 6.08 Å². The van der Waals surface area contributed by atoms with E-state index >= 15 is 0 Å². The third-order valence-electron chi connectivity index (χ3n) is 3.91. The zero-order valence-corrected chi connectivity index (χ0v) is 13.4. The summed E-state index contributed by atoms with van der Waals surface area (Å²) in [4.78, 5) is 18.1. The minimum atomic E-state index is -0.216. The number of para-hydroxylation sites is 2. The first kappa shape index (κ1) is 15.1. The normalized spacial score (nSPS) is 18.9. The second-order valence-corrected chi connectivity index (χ2v) is 5.58. The van der Waals surface area contributed by atoms with Crippen molar-refractivity contribution < 1.29 is 19.4 Å². The summed E-state index contributed by atoms with van der Waals surface area (Å²) in [5, 5.41) is 12.8. The molecule has 4 rings (SSSR count). The highest BCUT2D eigenvalue weighted by molar-refractivity contribution is 6.15. The standard InChI is InChI=1S/C18H15N3O4/c1-21-17(23)13(8-11-6-7-15-16(9-11)25-10-24-15)20-18(21)19-12-4-2-3-5-14(12)22/h2-9,22H,10H2,1H3,(H,19,20)/b13-8+. The summed E-state index contributed by atoms with van der Waals surface area (Å²) in [6, 6.07) is 12.1. The van der Waals surface area contributed by atoms with Gasteiger partial charge in [-0.3, -0.25) is 9.69 Å². The van der Waals surface area contributed by atoms with Gasteiger partial charge in [0.05, 0.1) is 0 Å². The van der Waals surface area contributed by atoms with Crippen LogP contribution < -0.4 is 14.8 Å². The molecule has 2 N–H and O–H groups in total. The molecule has 0 saturated carbocycles. The van der Waals surface area contributed by atoms with Crippen LogP contribution in [0.4, 0.5) is 5.69 Å². The monoisotopic (exact) mass is 337 g/mol. The van der Waals surface area contributed by atoms with Gasteiger partial charge in [0, 0.05) is 7.05 Å². The van der Waals surface area contributed by atoms with Crippen molar-refractivity contribution in [1.82, 2.24) is 10.2 Å². The number of likely N-dealkylation sites (N-methyl/N-ethyl adjacent to an activating group) is 1. The van der Waals surface area contributed by atoms with Crippen molar-refractivity contribution in [3.63, 3.8) is 0 Å². The number of benzene rings is 2. The highest BCUT2D eigenvalue weighted by Crippen LogP contribution is 2.33. The Labute approximate surface area is 143 Å². The number of nitrogens with zero attached hydrogens (tertiary/aromatic N) is 2. The molecule has 1 saturated heterocycles. The molecule has 0 radical (unpaired) electrons. The summed E-state index contributed by atoms with van der Waals surface area (Å²) < 4.78 is 10.6. The van der Waals surface area contributed by atoms with E-state index in [-0.39, 0.29) is 18.4 Å². The maximum atomic E-state index is 12.4. The summed E-state index contributed by atoms with van der Waals surface area (Å²) in [7, 11) is 1.62. The van der Waals surface area contributed by atoms with E-state index in [2.05, 4.69) is 10.3 Å². The number of rotatable bonds is 2. The molecule has 0 aromatic heterocycles. The lowest BCUT2D eigenvalue weighted by molar-refractivity contribution is -0.121. The summed E-state index contributed by atoms with van der Waals surface area (Å²) in [6.07, 6.45) is 1.72. The Morgan fingerprint density at radius 3 is 2.84 bits per heavy atom. The predicted molar refractivity (Wildman–Crippen MR) is 91.6 cm³/mol. The number of carbonyl (C=O) groups is 1. The van der Waals surface area contributed by atoms with Crippen molar-refractivity contribution in [1.29, 1.82) is 0 Å². The van der Waals surface area contributed by atoms with E-state index in [9.17, 15) is 9.90 Å². The predicted octanol–water partition coefficient (Wildman–Crippen LogP) is 2.21. The smallest absolute Gasteiger partial charge is 0.276 e. The van der Waals surface area contributed by atoms with Crippen LogP contribution in [0.3, 0.4) is 0 Å². The van der Waals surface area contributed by atoms with E-state index in [0.717, 1.165) is 5.56 Å². The van der Waals surface area contributed by atoms with Gasteiger partial charge in [-0.1, -0.05) is 18.2 Å². The zero-order chi connectivity index (χ0) is 17.4. The number of phenols is 1. The van der Waals surface area contributed by atoms with Gasteiger partial charge in [-0.05, 0) is 35.9 Å². The van der Waals surface area contributed by atoms with Crippen LogP contribution in [-0.4, -0.2) is 35.7 Å². The maximum absolute atomic E-state index is 12.4. The molecule has 1 amide bonds. The number of aliphatic imine (C=N–C) groups is 1. The maximum Gasteiger partial charge on any atom is 0.276 e. The van der Waals surface area contributed by atoms with Crippen molar-refractivity contribution in [3.8, 4) is 17.2 Å². The summed E-state index contributed by atoms with van der Waals surface area (Å²) >= 11 is 0. The van der Waals surface area contributed by atoms with E-state index in [1.807, 2.05) is 12.1 Å². The lowest BCUT2D eigenvalue weighted by Crippen LogP contribution is -2.27. The zero-order valence-electron chi connectivity index (χ0n) is 13.4. The molecule has 0 bridgehead atoms. The molecule has 7 heteroatoms. The number of phenolic OH excluding ortho intramolecular Hbond substituents is 1. The molecule has 2 aromatic rings. The van der Waals surface area contributed by atoms with E-state index < -0.39 is 0 Å². The van der Waals surface area contributed by atoms with Crippen LogP contribution in [0, 0.1) is 0 Å². The number of hydrogen-bond donors (Lipinski definition) is 2. The molecular formula is C18H15N3O4. The van der Waals surface area contributed by atoms with E-state index in [1.165, 1.54) is 4.90 Å². The van der Waals surface area contributed by atoms with Crippen LogP contribution in [-0.2, 0) is 4.79 Å². The van der Waals surface area contributed by atoms with Gasteiger partial charge < -0.3 is 19.9 Å². The van der Waals surface area contributed by atoms with Gasteiger partial charge in [-0.2, -0.15) is 0 Å². The highest BCUT2D eigenvalue weighted by Gasteiger charge is 2.29. The second kappa shape index (κ2) is 5.86. The third kappa shape index (κ3) is 2.76. The Balaban J connectivity index is 1.64. The molecule has 0 atom stereocenters. The van der Waals surface area contributed by atoms with Crippen LogP contribution in [0.1, 0.15) is 5.56 Å². The molecule has 0 unspecified atom stereocenters. The van der Waals surface area contributed by atoms with Crippen molar-refractivity contribution in [2.75, 3.05) is 13.8 Å². The van der Waals surface area contributed by atoms with Gasteiger partial charge in [0.25, 0.3) is 5.91 Å². The summed E-state index contributed by atoms with van der Waals surface area (Å²) in [6.45, 7) is 0.201. The SMILES string of the molecule is CN1C(=O)/C(=C\c2ccc3c(c2)OCO3)NC1=Nc1ccccc1O. The third-order valence-corrected chi connectivity index (χ3v) is 3.91. The molecule has 0 aliphatic carbocycles. The van der Waals surface area contributed by atoms with Crippen LogP contribution in [0.15, 0.2) is 53.2 Å². The van der Waals surface area contributed by atoms with E-state index in [1.54, 1.807) is 43.5 Å². The average Bonchev–Trinajstić information content (AvgIpc) is 3.17. The van der Waals surface area contributed by atoms with Crippen molar-refractivity contribution in [3.05, 3.63) is 53.7 Å². The average molecular weight is 337 g/mol. The number of carbonyl (C=O) groups excluding carboxylic acids is 1. The number of hydrogen-bond acceptors (Lipinski definition) is 5. The first-order valence-corrected chi connectivity index (χ1v) is 7.65. The highest BCUT2D eigenvalue weighted by atomic mass is 16.7. The Morgan fingerprint density at radius 2 is 2.00 bits per heavy atom. The van der Waals surface area contributed by atoms with Crippen LogP contribution >= 0.6 is 0 Å². The van der Waals surface area contributed by atoms with Gasteiger partial charge in [-0.25, -0.2) is 4.99 Å². The fourth-order valence-electron chi connectivity index (χ4n) is 2.58. The van der Waals surface area contributed by atoms with Gasteiger partial charge in [0.1, 0.15) is 17.1 Å². The minimum absolute atomic E-state index is 0.0471. The fourth-order valence-corrected chi connectivity index (χ4v) is 2.58. The molecule has 25 heavy (non-hydrogen) atoms. The lowest BCUT2D eigenvalue weighted by atomic mass is 10.1. The van der Waals surface area contributed by atoms with Gasteiger partial charge in [-0.15, -0.1) is 0 Å². The molecule has 2 aliphatic heterocycles. The summed E-state index contributed by atoms with van der Waals surface area (Å²) in [5.41, 5.74) is 1.57. The number of fused-ring (bicyclic) bond motifs is 1. The second-order valence-electron chi connectivity index (χ2n) is 5.58. The quantitative estimate of drug-likeness (QED) is 0.821. The fraction of sp³-hybridized carbons (Fsp3) is 0.111. The number of aromatic hydroxyl groups is 1. The number of amides is 1. The van der Waals surface area contributed by atoms with Gasteiger partial charge in [0.2, 0.25) is 12.8 Å². The van der Waals surface area contributed by atoms with Crippen molar-refractivity contribution in [2.24, 2.45) is 4.99 Å². The molecule has 126 valence electrons. The molecule has 1 fully saturated rings. The summed E-state index contributed by atoms with van der Waals surface area (Å²) in [5.74, 6) is 1.51. The first-order valence-electron chi connectivity index (χ1n) is 7.65. The first-order chi connectivity index (χ1) is 12.1. The largest absolute Gasteiger partial charge is 0.506 e.